The molecule has 2 aromatic rings. The molecule has 2 N–H and O–H groups in total. The first-order chi connectivity index (χ1) is 9.19. The van der Waals surface area contributed by atoms with Crippen LogP contribution in [0.1, 0.15) is 19.1 Å². The zero-order valence-electron chi connectivity index (χ0n) is 9.91. The van der Waals surface area contributed by atoms with Gasteiger partial charge in [0, 0.05) is 0 Å². The number of aromatic amines is 1. The number of nitriles is 1. The lowest BCUT2D eigenvalue weighted by Crippen LogP contribution is -2.31. The third kappa shape index (κ3) is 1.71. The monoisotopic (exact) mass is 261 g/mol. The van der Waals surface area contributed by atoms with Gasteiger partial charge in [0.25, 0.3) is 5.56 Å². The van der Waals surface area contributed by atoms with E-state index in [1.54, 1.807) is 4.57 Å². The van der Waals surface area contributed by atoms with E-state index < -0.39 is 11.8 Å². The summed E-state index contributed by atoms with van der Waals surface area (Å²) in [5.74, 6) is 0. The summed E-state index contributed by atoms with van der Waals surface area (Å²) in [6.45, 7) is -0.360. The minimum Gasteiger partial charge on any atom is -0.392 e. The number of rotatable bonds is 2. The van der Waals surface area contributed by atoms with Crippen LogP contribution >= 0.6 is 0 Å². The van der Waals surface area contributed by atoms with Gasteiger partial charge >= 0.3 is 0 Å². The Morgan fingerprint density at radius 2 is 2.53 bits per heavy atom. The summed E-state index contributed by atoms with van der Waals surface area (Å²) < 4.78 is 7.21. The average Bonchev–Trinajstić information content (AvgIpc) is 3.03. The topological polar surface area (TPSA) is 117 Å². The maximum absolute atomic E-state index is 11.5. The second kappa shape index (κ2) is 4.15. The Labute approximate surface area is 107 Å². The van der Waals surface area contributed by atoms with Crippen molar-refractivity contribution in [2.45, 2.75) is 24.7 Å². The normalized spacial score (nSPS) is 26.6. The first-order valence-electron chi connectivity index (χ1n) is 5.79. The number of imidazole rings is 1. The van der Waals surface area contributed by atoms with Gasteiger partial charge < -0.3 is 14.8 Å². The number of aromatic nitrogens is 4. The SMILES string of the molecule is N#CC1(CO)CC[C@H](n2cnc3c(=O)[nH]cnc32)O1. The van der Waals surface area contributed by atoms with Crippen molar-refractivity contribution in [3.8, 4) is 6.07 Å². The maximum atomic E-state index is 11.5. The molecule has 0 aliphatic carbocycles. The van der Waals surface area contributed by atoms with E-state index in [9.17, 15) is 9.90 Å². The molecule has 0 bridgehead atoms. The van der Waals surface area contributed by atoms with Crippen molar-refractivity contribution in [1.29, 1.82) is 5.26 Å². The molecule has 8 nitrogen and oxygen atoms in total. The summed E-state index contributed by atoms with van der Waals surface area (Å²) in [5.41, 5.74) is -0.872. The van der Waals surface area contributed by atoms with Crippen molar-refractivity contribution in [1.82, 2.24) is 19.5 Å². The summed E-state index contributed by atoms with van der Waals surface area (Å²) in [6.07, 6.45) is 3.27. The number of H-pyrrole nitrogens is 1. The number of nitrogens with zero attached hydrogens (tertiary/aromatic N) is 4. The quantitative estimate of drug-likeness (QED) is 0.765. The summed E-state index contributed by atoms with van der Waals surface area (Å²) >= 11 is 0. The standard InChI is InChI=1S/C11H11N5O3/c12-3-11(4-17)2-1-7(19-11)16-6-15-8-9(16)13-5-14-10(8)18/h5-7,17H,1-2,4H2,(H,13,14,18)/t7-,11?/m1/s1. The first-order valence-corrected chi connectivity index (χ1v) is 5.79. The molecule has 2 atom stereocenters. The molecule has 2 aromatic heterocycles. The zero-order chi connectivity index (χ0) is 13.5. The van der Waals surface area contributed by atoms with Crippen LogP contribution < -0.4 is 5.56 Å². The molecule has 1 saturated heterocycles. The Kier molecular flexibility index (Phi) is 2.58. The van der Waals surface area contributed by atoms with Crippen LogP contribution in [0.4, 0.5) is 0 Å². The zero-order valence-corrected chi connectivity index (χ0v) is 9.91. The van der Waals surface area contributed by atoms with Crippen LogP contribution in [-0.2, 0) is 4.74 Å². The fourth-order valence-corrected chi connectivity index (χ4v) is 2.24. The summed E-state index contributed by atoms with van der Waals surface area (Å²) in [5, 5.41) is 18.3. The third-order valence-corrected chi connectivity index (χ3v) is 3.29. The van der Waals surface area contributed by atoms with E-state index in [1.165, 1.54) is 12.7 Å². The molecule has 1 aliphatic heterocycles. The highest BCUT2D eigenvalue weighted by molar-refractivity contribution is 5.68. The molecule has 0 spiro atoms. The van der Waals surface area contributed by atoms with E-state index >= 15 is 0 Å². The van der Waals surface area contributed by atoms with Crippen LogP contribution in [0.5, 0.6) is 0 Å². The van der Waals surface area contributed by atoms with Crippen LogP contribution in [0.3, 0.4) is 0 Å². The van der Waals surface area contributed by atoms with E-state index in [0.29, 0.717) is 18.5 Å². The van der Waals surface area contributed by atoms with Crippen molar-refractivity contribution < 1.29 is 9.84 Å². The van der Waals surface area contributed by atoms with Crippen molar-refractivity contribution in [2.24, 2.45) is 0 Å². The van der Waals surface area contributed by atoms with Gasteiger partial charge in [-0.2, -0.15) is 5.26 Å². The maximum Gasteiger partial charge on any atom is 0.278 e. The molecule has 3 heterocycles. The molecule has 1 unspecified atom stereocenters. The highest BCUT2D eigenvalue weighted by atomic mass is 16.5. The predicted octanol–water partition coefficient (Wildman–Crippen LogP) is -0.317. The Morgan fingerprint density at radius 1 is 1.68 bits per heavy atom. The molecule has 1 fully saturated rings. The van der Waals surface area contributed by atoms with E-state index in [-0.39, 0.29) is 17.7 Å². The Balaban J connectivity index is 2.02. The number of hydrogen-bond acceptors (Lipinski definition) is 6. The summed E-state index contributed by atoms with van der Waals surface area (Å²) in [6, 6.07) is 1.98. The number of fused-ring (bicyclic) bond motifs is 1. The van der Waals surface area contributed by atoms with E-state index in [1.807, 2.05) is 6.07 Å². The van der Waals surface area contributed by atoms with Gasteiger partial charge in [0.15, 0.2) is 16.8 Å². The number of aliphatic hydroxyl groups excluding tert-OH is 1. The molecule has 0 radical (unpaired) electrons. The molecule has 0 amide bonds. The van der Waals surface area contributed by atoms with Gasteiger partial charge in [-0.15, -0.1) is 0 Å². The van der Waals surface area contributed by atoms with Crippen LogP contribution in [0.25, 0.3) is 11.2 Å². The fraction of sp³-hybridized carbons (Fsp3) is 0.455. The molecular weight excluding hydrogens is 250 g/mol. The van der Waals surface area contributed by atoms with Crippen molar-refractivity contribution in [3.63, 3.8) is 0 Å². The van der Waals surface area contributed by atoms with Gasteiger partial charge in [0.1, 0.15) is 12.3 Å². The molecule has 0 saturated carbocycles. The molecule has 3 rings (SSSR count). The number of ether oxygens (including phenoxy) is 1. The highest BCUT2D eigenvalue weighted by Gasteiger charge is 2.41. The van der Waals surface area contributed by atoms with Crippen LogP contribution in [0, 0.1) is 11.3 Å². The van der Waals surface area contributed by atoms with E-state index in [4.69, 9.17) is 10.00 Å². The highest BCUT2D eigenvalue weighted by Crippen LogP contribution is 2.36. The van der Waals surface area contributed by atoms with Gasteiger partial charge in [-0.1, -0.05) is 0 Å². The number of aliphatic hydroxyl groups is 1. The smallest absolute Gasteiger partial charge is 0.278 e. The van der Waals surface area contributed by atoms with Crippen LogP contribution in [-0.4, -0.2) is 36.8 Å². The minimum atomic E-state index is -1.18. The van der Waals surface area contributed by atoms with Gasteiger partial charge in [-0.3, -0.25) is 9.36 Å². The van der Waals surface area contributed by atoms with Crippen LogP contribution in [0.2, 0.25) is 0 Å². The van der Waals surface area contributed by atoms with Crippen molar-refractivity contribution >= 4 is 11.2 Å². The fourth-order valence-electron chi connectivity index (χ4n) is 2.24. The Bertz CT molecular complexity index is 715. The Morgan fingerprint density at radius 3 is 3.21 bits per heavy atom. The van der Waals surface area contributed by atoms with Gasteiger partial charge in [-0.05, 0) is 12.8 Å². The summed E-state index contributed by atoms with van der Waals surface area (Å²) in [7, 11) is 0. The molecule has 19 heavy (non-hydrogen) atoms. The van der Waals surface area contributed by atoms with Crippen molar-refractivity contribution in [2.75, 3.05) is 6.61 Å². The second-order valence-electron chi connectivity index (χ2n) is 4.43. The molecule has 1 aliphatic rings. The predicted molar refractivity (Wildman–Crippen MR) is 62.9 cm³/mol. The molecular formula is C11H11N5O3. The van der Waals surface area contributed by atoms with E-state index in [2.05, 4.69) is 15.0 Å². The van der Waals surface area contributed by atoms with Crippen molar-refractivity contribution in [3.05, 3.63) is 23.0 Å². The largest absolute Gasteiger partial charge is 0.392 e. The van der Waals surface area contributed by atoms with Crippen LogP contribution in [0.15, 0.2) is 17.4 Å². The van der Waals surface area contributed by atoms with Gasteiger partial charge in [0.2, 0.25) is 0 Å². The number of nitrogens with one attached hydrogen (secondary N) is 1. The molecule has 0 aromatic carbocycles. The molecule has 98 valence electrons. The number of hydrogen-bond donors (Lipinski definition) is 2. The van der Waals surface area contributed by atoms with E-state index in [0.717, 1.165) is 0 Å². The lowest BCUT2D eigenvalue weighted by atomic mass is 10.0. The molecule has 8 heteroatoms. The lowest BCUT2D eigenvalue weighted by molar-refractivity contribution is -0.0630. The first kappa shape index (κ1) is 11.8. The Hall–Kier alpha value is -2.24. The van der Waals surface area contributed by atoms with Gasteiger partial charge in [-0.25, -0.2) is 9.97 Å². The summed E-state index contributed by atoms with van der Waals surface area (Å²) in [4.78, 5) is 22.0. The minimum absolute atomic E-state index is 0.226. The average molecular weight is 261 g/mol. The van der Waals surface area contributed by atoms with Gasteiger partial charge in [0.05, 0.1) is 19.3 Å². The second-order valence-corrected chi connectivity index (χ2v) is 4.43. The third-order valence-electron chi connectivity index (χ3n) is 3.29. The lowest BCUT2D eigenvalue weighted by Gasteiger charge is -2.19.